The van der Waals surface area contributed by atoms with E-state index in [4.69, 9.17) is 5.73 Å². The second kappa shape index (κ2) is 4.36. The van der Waals surface area contributed by atoms with Gasteiger partial charge in [-0.05, 0) is 49.3 Å². The number of nitrogens with two attached hydrogens (primary N) is 1. The maximum Gasteiger partial charge on any atom is 0.0390 e. The van der Waals surface area contributed by atoms with Gasteiger partial charge in [0.2, 0.25) is 0 Å². The van der Waals surface area contributed by atoms with Gasteiger partial charge in [-0.1, -0.05) is 19.4 Å². The van der Waals surface area contributed by atoms with Crippen molar-refractivity contribution in [2.24, 2.45) is 5.41 Å². The average molecular weight is 218 g/mol. The average Bonchev–Trinajstić information content (AvgIpc) is 3.01. The molecule has 0 bridgehead atoms. The summed E-state index contributed by atoms with van der Waals surface area (Å²) in [6, 6.07) is 6.08. The maximum absolute atomic E-state index is 5.80. The van der Waals surface area contributed by atoms with Crippen molar-refractivity contribution in [3.05, 3.63) is 23.8 Å². The van der Waals surface area contributed by atoms with Gasteiger partial charge in [0.15, 0.2) is 0 Å². The number of anilines is 2. The molecule has 0 amide bonds. The molecule has 16 heavy (non-hydrogen) atoms. The monoisotopic (exact) mass is 218 g/mol. The number of hydrogen-bond acceptors (Lipinski definition) is 2. The van der Waals surface area contributed by atoms with Crippen molar-refractivity contribution in [1.82, 2.24) is 0 Å². The summed E-state index contributed by atoms with van der Waals surface area (Å²) < 4.78 is 0. The topological polar surface area (TPSA) is 38.0 Å². The maximum atomic E-state index is 5.80. The zero-order valence-corrected chi connectivity index (χ0v) is 10.3. The van der Waals surface area contributed by atoms with Crippen LogP contribution >= 0.6 is 0 Å². The molecule has 0 atom stereocenters. The summed E-state index contributed by atoms with van der Waals surface area (Å²) in [7, 11) is 0. The first-order valence-corrected chi connectivity index (χ1v) is 6.25. The number of aryl methyl sites for hydroxylation is 1. The van der Waals surface area contributed by atoms with Gasteiger partial charge < -0.3 is 11.1 Å². The molecule has 0 unspecified atom stereocenters. The third-order valence-corrected chi connectivity index (χ3v) is 3.65. The van der Waals surface area contributed by atoms with Crippen LogP contribution in [0.15, 0.2) is 18.2 Å². The summed E-state index contributed by atoms with van der Waals surface area (Å²) >= 11 is 0. The lowest BCUT2D eigenvalue weighted by Crippen LogP contribution is -2.15. The molecule has 2 heteroatoms. The molecule has 3 N–H and O–H groups in total. The number of benzene rings is 1. The molecular weight excluding hydrogens is 196 g/mol. The lowest BCUT2D eigenvalue weighted by Gasteiger charge is -2.17. The Morgan fingerprint density at radius 2 is 2.12 bits per heavy atom. The van der Waals surface area contributed by atoms with Gasteiger partial charge in [-0.25, -0.2) is 0 Å². The first-order chi connectivity index (χ1) is 7.65. The van der Waals surface area contributed by atoms with Crippen LogP contribution in [0.5, 0.6) is 0 Å². The van der Waals surface area contributed by atoms with Crippen LogP contribution in [0.3, 0.4) is 0 Å². The summed E-state index contributed by atoms with van der Waals surface area (Å²) in [5.74, 6) is 0. The summed E-state index contributed by atoms with van der Waals surface area (Å²) in [4.78, 5) is 0. The third-order valence-electron chi connectivity index (χ3n) is 3.65. The largest absolute Gasteiger partial charge is 0.399 e. The molecule has 0 heterocycles. The summed E-state index contributed by atoms with van der Waals surface area (Å²) in [5, 5.41) is 3.56. The number of nitrogen functional groups attached to an aromatic ring is 1. The van der Waals surface area contributed by atoms with Crippen LogP contribution < -0.4 is 11.1 Å². The van der Waals surface area contributed by atoms with Crippen molar-refractivity contribution in [2.75, 3.05) is 17.6 Å². The smallest absolute Gasteiger partial charge is 0.0390 e. The van der Waals surface area contributed by atoms with Crippen LogP contribution in [0.4, 0.5) is 11.4 Å². The highest BCUT2D eigenvalue weighted by Crippen LogP contribution is 2.49. The van der Waals surface area contributed by atoms with Gasteiger partial charge in [-0.3, -0.25) is 0 Å². The lowest BCUT2D eigenvalue weighted by atomic mass is 10.0. The van der Waals surface area contributed by atoms with E-state index < -0.39 is 0 Å². The van der Waals surface area contributed by atoms with Gasteiger partial charge in [0.25, 0.3) is 0 Å². The van der Waals surface area contributed by atoms with E-state index in [0.29, 0.717) is 5.41 Å². The molecule has 0 spiro atoms. The molecule has 1 aromatic carbocycles. The summed E-state index contributed by atoms with van der Waals surface area (Å²) in [6.45, 7) is 5.50. The minimum atomic E-state index is 0.589. The Kier molecular flexibility index (Phi) is 3.08. The summed E-state index contributed by atoms with van der Waals surface area (Å²) in [6.07, 6.45) is 5.41. The summed E-state index contributed by atoms with van der Waals surface area (Å²) in [5.41, 5.74) is 9.71. The quantitative estimate of drug-likeness (QED) is 0.741. The van der Waals surface area contributed by atoms with Gasteiger partial charge in [-0.15, -0.1) is 0 Å². The van der Waals surface area contributed by atoms with Crippen LogP contribution in [0.1, 0.15) is 38.2 Å². The Morgan fingerprint density at radius 1 is 1.38 bits per heavy atom. The van der Waals surface area contributed by atoms with Crippen LogP contribution in [-0.4, -0.2) is 6.54 Å². The molecule has 0 aliphatic heterocycles. The number of nitrogens with one attached hydrogen (secondary N) is 1. The molecule has 1 saturated carbocycles. The van der Waals surface area contributed by atoms with Gasteiger partial charge in [0.1, 0.15) is 0 Å². The van der Waals surface area contributed by atoms with Gasteiger partial charge in [0.05, 0.1) is 0 Å². The van der Waals surface area contributed by atoms with Crippen LogP contribution in [-0.2, 0) is 0 Å². The lowest BCUT2D eigenvalue weighted by molar-refractivity contribution is 0.485. The van der Waals surface area contributed by atoms with Gasteiger partial charge in [0, 0.05) is 17.9 Å². The van der Waals surface area contributed by atoms with E-state index in [0.717, 1.165) is 12.2 Å². The molecule has 1 fully saturated rings. The molecule has 1 aliphatic carbocycles. The molecule has 0 saturated heterocycles. The Hall–Kier alpha value is -1.18. The molecule has 0 aromatic heterocycles. The highest BCUT2D eigenvalue weighted by atomic mass is 14.9. The zero-order chi connectivity index (χ0) is 11.6. The first-order valence-electron chi connectivity index (χ1n) is 6.25. The molecule has 0 radical (unpaired) electrons. The van der Waals surface area contributed by atoms with E-state index in [1.165, 1.54) is 36.9 Å². The third kappa shape index (κ3) is 2.49. The molecule has 88 valence electrons. The van der Waals surface area contributed by atoms with Crippen LogP contribution in [0.2, 0.25) is 0 Å². The van der Waals surface area contributed by atoms with Crippen molar-refractivity contribution in [3.8, 4) is 0 Å². The van der Waals surface area contributed by atoms with Crippen molar-refractivity contribution in [1.29, 1.82) is 0 Å². The fraction of sp³-hybridized carbons (Fsp3) is 0.571. The molecule has 1 aromatic rings. The van der Waals surface area contributed by atoms with E-state index in [2.05, 4.69) is 25.2 Å². The van der Waals surface area contributed by atoms with E-state index in [1.54, 1.807) is 0 Å². The molecular formula is C14H22N2. The highest BCUT2D eigenvalue weighted by Gasteiger charge is 2.41. The van der Waals surface area contributed by atoms with E-state index >= 15 is 0 Å². The standard InChI is InChI=1S/C14H22N2/c1-3-6-14(7-8-14)10-16-13-9-12(15)5-4-11(13)2/h4-5,9,16H,3,6-8,10,15H2,1-2H3. The molecule has 1 aliphatic rings. The Bertz CT molecular complexity index is 367. The van der Waals surface area contributed by atoms with Gasteiger partial charge in [-0.2, -0.15) is 0 Å². The predicted octanol–water partition coefficient (Wildman–Crippen LogP) is 3.57. The van der Waals surface area contributed by atoms with Gasteiger partial charge >= 0.3 is 0 Å². The Labute approximate surface area is 98.2 Å². The Morgan fingerprint density at radius 3 is 2.75 bits per heavy atom. The fourth-order valence-electron chi connectivity index (χ4n) is 2.34. The molecule has 2 rings (SSSR count). The van der Waals surface area contributed by atoms with E-state index in [1.807, 2.05) is 12.1 Å². The number of hydrogen-bond donors (Lipinski definition) is 2. The SMILES string of the molecule is CCCC1(CNc2cc(N)ccc2C)CC1. The minimum Gasteiger partial charge on any atom is -0.399 e. The van der Waals surface area contributed by atoms with E-state index in [-0.39, 0.29) is 0 Å². The predicted molar refractivity (Wildman–Crippen MR) is 70.7 cm³/mol. The normalized spacial score (nSPS) is 17.1. The van der Waals surface area contributed by atoms with Crippen LogP contribution in [0, 0.1) is 12.3 Å². The van der Waals surface area contributed by atoms with Crippen molar-refractivity contribution >= 4 is 11.4 Å². The van der Waals surface area contributed by atoms with Crippen molar-refractivity contribution in [2.45, 2.75) is 39.5 Å². The number of rotatable bonds is 5. The fourth-order valence-corrected chi connectivity index (χ4v) is 2.34. The second-order valence-electron chi connectivity index (χ2n) is 5.18. The van der Waals surface area contributed by atoms with Crippen molar-refractivity contribution in [3.63, 3.8) is 0 Å². The Balaban J connectivity index is 1.97. The second-order valence-corrected chi connectivity index (χ2v) is 5.18. The zero-order valence-electron chi connectivity index (χ0n) is 10.3. The first kappa shape index (κ1) is 11.3. The van der Waals surface area contributed by atoms with Crippen molar-refractivity contribution < 1.29 is 0 Å². The molecule has 2 nitrogen and oxygen atoms in total. The highest BCUT2D eigenvalue weighted by molar-refractivity contribution is 5.59. The minimum absolute atomic E-state index is 0.589. The van der Waals surface area contributed by atoms with E-state index in [9.17, 15) is 0 Å². The van der Waals surface area contributed by atoms with Crippen LogP contribution in [0.25, 0.3) is 0 Å².